The maximum Gasteiger partial charge on any atom is 0.251 e. The Morgan fingerprint density at radius 3 is 2.33 bits per heavy atom. The van der Waals surface area contributed by atoms with Crippen molar-refractivity contribution in [3.63, 3.8) is 0 Å². The van der Waals surface area contributed by atoms with Gasteiger partial charge in [-0.25, -0.2) is 0 Å². The minimum atomic E-state index is -0.101. The summed E-state index contributed by atoms with van der Waals surface area (Å²) in [5, 5.41) is 3.08. The number of anilines is 2. The molecule has 0 spiro atoms. The lowest BCUT2D eigenvalue weighted by molar-refractivity contribution is -0.117. The second-order valence-corrected chi connectivity index (χ2v) is 8.68. The lowest BCUT2D eigenvalue weighted by Crippen LogP contribution is -2.34. The maximum absolute atomic E-state index is 12.7. The molecule has 2 amide bonds. The van der Waals surface area contributed by atoms with Gasteiger partial charge in [-0.15, -0.1) is 0 Å². The summed E-state index contributed by atoms with van der Waals surface area (Å²) in [4.78, 5) is 28.8. The van der Waals surface area contributed by atoms with Crippen LogP contribution in [0.4, 0.5) is 11.4 Å². The minimum Gasteiger partial charge on any atom is -0.371 e. The molecule has 0 aromatic heterocycles. The van der Waals surface area contributed by atoms with Gasteiger partial charge < -0.3 is 15.1 Å². The van der Waals surface area contributed by atoms with E-state index in [0.29, 0.717) is 12.0 Å². The average molecular weight is 406 g/mol. The van der Waals surface area contributed by atoms with E-state index in [2.05, 4.69) is 41.4 Å². The first-order valence-corrected chi connectivity index (χ1v) is 11.1. The van der Waals surface area contributed by atoms with Crippen LogP contribution in [0.1, 0.15) is 61.5 Å². The number of hydrogen-bond acceptors (Lipinski definition) is 3. The molecule has 0 unspecified atom stereocenters. The molecule has 2 aromatic carbocycles. The first-order valence-electron chi connectivity index (χ1n) is 11.1. The van der Waals surface area contributed by atoms with Gasteiger partial charge in [0, 0.05) is 43.0 Å². The number of rotatable bonds is 5. The van der Waals surface area contributed by atoms with Gasteiger partial charge in [0.15, 0.2) is 0 Å². The van der Waals surface area contributed by atoms with Crippen LogP contribution in [0.3, 0.4) is 0 Å². The summed E-state index contributed by atoms with van der Waals surface area (Å²) < 4.78 is 0. The van der Waals surface area contributed by atoms with Crippen molar-refractivity contribution in [2.24, 2.45) is 5.92 Å². The van der Waals surface area contributed by atoms with E-state index >= 15 is 0 Å². The van der Waals surface area contributed by atoms with Crippen molar-refractivity contribution in [1.82, 2.24) is 5.32 Å². The Morgan fingerprint density at radius 1 is 1.00 bits per heavy atom. The van der Waals surface area contributed by atoms with Crippen LogP contribution < -0.4 is 15.1 Å². The summed E-state index contributed by atoms with van der Waals surface area (Å²) in [6.07, 6.45) is 4.07. The first kappa shape index (κ1) is 20.5. The number of carbonyl (C=O) groups excluding carboxylic acids is 2. The fourth-order valence-electron chi connectivity index (χ4n) is 4.47. The van der Waals surface area contributed by atoms with Gasteiger partial charge in [-0.3, -0.25) is 9.59 Å². The van der Waals surface area contributed by atoms with E-state index in [4.69, 9.17) is 0 Å². The van der Waals surface area contributed by atoms with Crippen LogP contribution in [-0.2, 0) is 4.79 Å². The molecular weight excluding hydrogens is 374 g/mol. The molecule has 1 N–H and O–H groups in total. The van der Waals surface area contributed by atoms with Crippen molar-refractivity contribution in [3.8, 4) is 0 Å². The molecule has 0 radical (unpaired) electrons. The second kappa shape index (κ2) is 8.90. The highest BCUT2D eigenvalue weighted by molar-refractivity contribution is 5.97. The van der Waals surface area contributed by atoms with Crippen LogP contribution in [0.25, 0.3) is 0 Å². The molecule has 30 heavy (non-hydrogen) atoms. The zero-order valence-electron chi connectivity index (χ0n) is 17.9. The smallest absolute Gasteiger partial charge is 0.251 e. The highest BCUT2D eigenvalue weighted by atomic mass is 16.2. The van der Waals surface area contributed by atoms with Crippen LogP contribution in [0, 0.1) is 5.92 Å². The van der Waals surface area contributed by atoms with Gasteiger partial charge in [0.05, 0.1) is 6.04 Å². The number of amides is 2. The van der Waals surface area contributed by atoms with Gasteiger partial charge in [0.25, 0.3) is 5.91 Å². The van der Waals surface area contributed by atoms with Gasteiger partial charge in [-0.05, 0) is 74.1 Å². The molecule has 4 rings (SSSR count). The summed E-state index contributed by atoms with van der Waals surface area (Å²) in [6.45, 7) is 7.31. The quantitative estimate of drug-likeness (QED) is 0.795. The molecular formula is C25H31N3O2. The van der Waals surface area contributed by atoms with Crippen molar-refractivity contribution in [2.45, 2.75) is 45.6 Å². The second-order valence-electron chi connectivity index (χ2n) is 8.68. The topological polar surface area (TPSA) is 52.7 Å². The van der Waals surface area contributed by atoms with Crippen molar-refractivity contribution in [2.75, 3.05) is 29.4 Å². The normalized spacial score (nSPS) is 20.3. The van der Waals surface area contributed by atoms with Crippen LogP contribution >= 0.6 is 0 Å². The Kier molecular flexibility index (Phi) is 6.07. The van der Waals surface area contributed by atoms with E-state index in [1.807, 2.05) is 19.1 Å². The standard InChI is InChI=1S/C25H31N3O2/c1-18-5-3-15-27(17-18)22-11-7-20(8-12-22)19(2)26-25(30)21-9-13-23(14-10-21)28-16-4-6-24(28)29/h7-14,18-19H,3-6,15-17H2,1-2H3,(H,26,30)/t18-,19-/m0/s1. The minimum absolute atomic E-state index is 0.0772. The van der Waals surface area contributed by atoms with Crippen LogP contribution in [0.5, 0.6) is 0 Å². The predicted octanol–water partition coefficient (Wildman–Crippen LogP) is 4.54. The summed E-state index contributed by atoms with van der Waals surface area (Å²) in [5.41, 5.74) is 3.83. The van der Waals surface area contributed by atoms with Crippen molar-refractivity contribution in [1.29, 1.82) is 0 Å². The molecule has 0 saturated carbocycles. The van der Waals surface area contributed by atoms with E-state index in [1.54, 1.807) is 17.0 Å². The Morgan fingerprint density at radius 2 is 1.70 bits per heavy atom. The van der Waals surface area contributed by atoms with Crippen molar-refractivity contribution >= 4 is 23.2 Å². The lowest BCUT2D eigenvalue weighted by Gasteiger charge is -2.33. The zero-order valence-corrected chi connectivity index (χ0v) is 17.9. The van der Waals surface area contributed by atoms with Gasteiger partial charge in [0.1, 0.15) is 0 Å². The number of nitrogens with zero attached hydrogens (tertiary/aromatic N) is 2. The number of nitrogens with one attached hydrogen (secondary N) is 1. The van der Waals surface area contributed by atoms with Gasteiger partial charge in [-0.1, -0.05) is 19.1 Å². The summed E-state index contributed by atoms with van der Waals surface area (Å²) >= 11 is 0. The third-order valence-electron chi connectivity index (χ3n) is 6.28. The van der Waals surface area contributed by atoms with Crippen LogP contribution in [-0.4, -0.2) is 31.4 Å². The number of hydrogen-bond donors (Lipinski definition) is 1. The molecule has 158 valence electrons. The van der Waals surface area contributed by atoms with Crippen LogP contribution in [0.15, 0.2) is 48.5 Å². The SMILES string of the molecule is C[C@H]1CCCN(c2ccc([C@H](C)NC(=O)c3ccc(N4CCCC4=O)cc3)cc2)C1. The fourth-order valence-corrected chi connectivity index (χ4v) is 4.47. The molecule has 2 saturated heterocycles. The number of piperidine rings is 1. The molecule has 2 aromatic rings. The summed E-state index contributed by atoms with van der Waals surface area (Å²) in [5.74, 6) is 0.797. The van der Waals surface area contributed by atoms with Gasteiger partial charge in [0.2, 0.25) is 5.91 Å². The summed E-state index contributed by atoms with van der Waals surface area (Å²) in [7, 11) is 0. The Labute approximate surface area is 179 Å². The molecule has 2 aliphatic heterocycles. The largest absolute Gasteiger partial charge is 0.371 e. The maximum atomic E-state index is 12.7. The average Bonchev–Trinajstić information content (AvgIpc) is 3.20. The predicted molar refractivity (Wildman–Crippen MR) is 121 cm³/mol. The highest BCUT2D eigenvalue weighted by Crippen LogP contribution is 2.25. The van der Waals surface area contributed by atoms with Gasteiger partial charge >= 0.3 is 0 Å². The zero-order chi connectivity index (χ0) is 21.1. The molecule has 2 fully saturated rings. The first-order chi connectivity index (χ1) is 14.5. The van der Waals surface area contributed by atoms with Crippen molar-refractivity contribution < 1.29 is 9.59 Å². The molecule has 2 heterocycles. The third kappa shape index (κ3) is 4.50. The Balaban J connectivity index is 1.36. The van der Waals surface area contributed by atoms with E-state index in [-0.39, 0.29) is 17.9 Å². The molecule has 2 atom stereocenters. The van der Waals surface area contributed by atoms with Crippen molar-refractivity contribution in [3.05, 3.63) is 59.7 Å². The van der Waals surface area contributed by atoms with E-state index in [0.717, 1.165) is 43.2 Å². The Bertz CT molecular complexity index is 892. The molecule has 5 heteroatoms. The monoisotopic (exact) mass is 405 g/mol. The highest BCUT2D eigenvalue weighted by Gasteiger charge is 2.22. The van der Waals surface area contributed by atoms with E-state index in [1.165, 1.54) is 18.5 Å². The summed E-state index contributed by atoms with van der Waals surface area (Å²) in [6, 6.07) is 15.8. The van der Waals surface area contributed by atoms with E-state index in [9.17, 15) is 9.59 Å². The van der Waals surface area contributed by atoms with E-state index < -0.39 is 0 Å². The third-order valence-corrected chi connectivity index (χ3v) is 6.28. The lowest BCUT2D eigenvalue weighted by atomic mass is 9.99. The number of benzene rings is 2. The molecule has 0 bridgehead atoms. The molecule has 2 aliphatic rings. The fraction of sp³-hybridized carbons (Fsp3) is 0.440. The Hall–Kier alpha value is -2.82. The molecule has 5 nitrogen and oxygen atoms in total. The van der Waals surface area contributed by atoms with Gasteiger partial charge in [-0.2, -0.15) is 0 Å². The number of carbonyl (C=O) groups is 2. The van der Waals surface area contributed by atoms with Crippen LogP contribution in [0.2, 0.25) is 0 Å². The molecule has 0 aliphatic carbocycles.